The molecule has 3 nitrogen and oxygen atoms in total. The number of hydrogen-bond donors (Lipinski definition) is 2. The minimum atomic E-state index is 0.162. The molecule has 0 rings (SSSR count). The Morgan fingerprint density at radius 3 is 2.89 bits per heavy atom. The molecular weight excluding hydrogens is 116 g/mol. The lowest BCUT2D eigenvalue weighted by Crippen LogP contribution is -2.13. The van der Waals surface area contributed by atoms with Crippen LogP contribution in [0.4, 0.5) is 0 Å². The Kier molecular flexibility index (Phi) is 4.82. The number of carbonyl (C=O) groups excluding carboxylic acids is 1. The van der Waals surface area contributed by atoms with E-state index in [1.54, 1.807) is 6.20 Å². The highest BCUT2D eigenvalue weighted by atomic mass is 16.1. The first kappa shape index (κ1) is 8.17. The predicted octanol–water partition coefficient (Wildman–Crippen LogP) is -0.0166. The largest absolute Gasteiger partial charge is 0.336 e. The predicted molar refractivity (Wildman–Crippen MR) is 36.6 cm³/mol. The zero-order valence-electron chi connectivity index (χ0n) is 5.50. The molecule has 1 amide bonds. The Morgan fingerprint density at radius 2 is 2.44 bits per heavy atom. The zero-order valence-corrected chi connectivity index (χ0v) is 5.50. The molecule has 0 aliphatic heterocycles. The molecule has 0 aromatic heterocycles. The van der Waals surface area contributed by atoms with Crippen LogP contribution in [-0.2, 0) is 4.79 Å². The van der Waals surface area contributed by atoms with Gasteiger partial charge in [0.25, 0.3) is 0 Å². The average molecular weight is 128 g/mol. The fourth-order valence-corrected chi connectivity index (χ4v) is 0.390. The van der Waals surface area contributed by atoms with Crippen molar-refractivity contribution in [2.24, 2.45) is 5.73 Å². The van der Waals surface area contributed by atoms with Crippen molar-refractivity contribution in [2.45, 2.75) is 19.4 Å². The van der Waals surface area contributed by atoms with Crippen LogP contribution < -0.4 is 11.1 Å². The summed E-state index contributed by atoms with van der Waals surface area (Å²) in [5.41, 5.74) is 5.41. The molecule has 0 aliphatic rings. The van der Waals surface area contributed by atoms with Crippen LogP contribution in [-0.4, -0.2) is 12.5 Å². The zero-order chi connectivity index (χ0) is 7.11. The van der Waals surface area contributed by atoms with Gasteiger partial charge >= 0.3 is 0 Å². The monoisotopic (exact) mass is 128 g/mol. The molecule has 0 fully saturated rings. The van der Waals surface area contributed by atoms with Crippen LogP contribution in [0.15, 0.2) is 12.3 Å². The summed E-state index contributed by atoms with van der Waals surface area (Å²) < 4.78 is 0. The Morgan fingerprint density at radius 1 is 1.78 bits per heavy atom. The van der Waals surface area contributed by atoms with Gasteiger partial charge in [-0.15, -0.1) is 0 Å². The number of nitrogens with two attached hydrogens (primary N) is 1. The van der Waals surface area contributed by atoms with Gasteiger partial charge in [0.05, 0.1) is 0 Å². The minimum Gasteiger partial charge on any atom is -0.336 e. The summed E-state index contributed by atoms with van der Waals surface area (Å²) in [5, 5.41) is 2.39. The molecule has 0 heterocycles. The van der Waals surface area contributed by atoms with E-state index in [4.69, 9.17) is 5.73 Å². The third kappa shape index (κ3) is 7.17. The third-order valence-electron chi connectivity index (χ3n) is 0.790. The molecule has 0 spiro atoms. The highest BCUT2D eigenvalue weighted by molar-refractivity contribution is 5.47. The molecular formula is C6H12N2O. The lowest BCUT2D eigenvalue weighted by Gasteiger charge is -1.95. The summed E-state index contributed by atoms with van der Waals surface area (Å²) in [5.74, 6) is 0. The van der Waals surface area contributed by atoms with Gasteiger partial charge in [0.1, 0.15) is 0 Å². The second kappa shape index (κ2) is 5.31. The number of amides is 1. The normalized spacial score (nSPS) is 13.6. The standard InChI is InChI=1S/C6H12N2O/c1-6(7)3-2-4-8-5-9/h2,4-6H,3,7H2,1H3,(H,8,9)/b4-2+. The first-order chi connectivity index (χ1) is 4.27. The Hall–Kier alpha value is -0.830. The van der Waals surface area contributed by atoms with E-state index in [-0.39, 0.29) is 6.04 Å². The fourth-order valence-electron chi connectivity index (χ4n) is 0.390. The molecule has 9 heavy (non-hydrogen) atoms. The maximum atomic E-state index is 9.66. The molecule has 0 radical (unpaired) electrons. The SMILES string of the molecule is CC(N)C/C=C/NC=O. The molecule has 1 atom stereocenters. The van der Waals surface area contributed by atoms with Gasteiger partial charge in [-0.05, 0) is 19.5 Å². The summed E-state index contributed by atoms with van der Waals surface area (Å²) in [6.45, 7) is 1.91. The van der Waals surface area contributed by atoms with E-state index in [9.17, 15) is 4.79 Å². The summed E-state index contributed by atoms with van der Waals surface area (Å²) >= 11 is 0. The summed E-state index contributed by atoms with van der Waals surface area (Å²) in [6.07, 6.45) is 4.81. The maximum absolute atomic E-state index is 9.66. The van der Waals surface area contributed by atoms with E-state index in [1.807, 2.05) is 13.0 Å². The highest BCUT2D eigenvalue weighted by Crippen LogP contribution is 1.84. The van der Waals surface area contributed by atoms with E-state index < -0.39 is 0 Å². The van der Waals surface area contributed by atoms with Crippen LogP contribution in [0.25, 0.3) is 0 Å². The summed E-state index contributed by atoms with van der Waals surface area (Å²) in [7, 11) is 0. The Labute approximate surface area is 54.9 Å². The first-order valence-electron chi connectivity index (χ1n) is 2.87. The second-order valence-corrected chi connectivity index (χ2v) is 1.90. The van der Waals surface area contributed by atoms with Gasteiger partial charge < -0.3 is 11.1 Å². The van der Waals surface area contributed by atoms with E-state index in [0.717, 1.165) is 6.42 Å². The van der Waals surface area contributed by atoms with Crippen LogP contribution in [0, 0.1) is 0 Å². The molecule has 3 N–H and O–H groups in total. The molecule has 0 aromatic rings. The van der Waals surface area contributed by atoms with Gasteiger partial charge in [0.2, 0.25) is 6.41 Å². The van der Waals surface area contributed by atoms with Gasteiger partial charge in [0.15, 0.2) is 0 Å². The Balaban J connectivity index is 3.14. The van der Waals surface area contributed by atoms with E-state index in [0.29, 0.717) is 6.41 Å². The van der Waals surface area contributed by atoms with Crippen LogP contribution in [0.2, 0.25) is 0 Å². The number of rotatable bonds is 4. The second-order valence-electron chi connectivity index (χ2n) is 1.90. The molecule has 1 unspecified atom stereocenters. The third-order valence-corrected chi connectivity index (χ3v) is 0.790. The van der Waals surface area contributed by atoms with Crippen LogP contribution in [0.3, 0.4) is 0 Å². The van der Waals surface area contributed by atoms with E-state index in [2.05, 4.69) is 5.32 Å². The van der Waals surface area contributed by atoms with E-state index in [1.165, 1.54) is 0 Å². The fraction of sp³-hybridized carbons (Fsp3) is 0.500. The smallest absolute Gasteiger partial charge is 0.211 e. The maximum Gasteiger partial charge on any atom is 0.211 e. The lowest BCUT2D eigenvalue weighted by atomic mass is 10.2. The van der Waals surface area contributed by atoms with Crippen molar-refractivity contribution in [1.29, 1.82) is 0 Å². The van der Waals surface area contributed by atoms with E-state index >= 15 is 0 Å². The van der Waals surface area contributed by atoms with Gasteiger partial charge in [-0.25, -0.2) is 0 Å². The van der Waals surface area contributed by atoms with Crippen molar-refractivity contribution in [3.05, 3.63) is 12.3 Å². The van der Waals surface area contributed by atoms with Gasteiger partial charge in [0, 0.05) is 6.04 Å². The number of nitrogens with one attached hydrogen (secondary N) is 1. The Bertz CT molecular complexity index is 99.2. The topological polar surface area (TPSA) is 55.1 Å². The molecule has 0 aromatic carbocycles. The number of carbonyl (C=O) groups is 1. The minimum absolute atomic E-state index is 0.162. The molecule has 0 saturated heterocycles. The molecule has 0 saturated carbocycles. The van der Waals surface area contributed by atoms with Crippen LogP contribution in [0.1, 0.15) is 13.3 Å². The first-order valence-corrected chi connectivity index (χ1v) is 2.87. The summed E-state index contributed by atoms with van der Waals surface area (Å²) in [6, 6.07) is 0.162. The van der Waals surface area contributed by atoms with Crippen molar-refractivity contribution in [3.8, 4) is 0 Å². The van der Waals surface area contributed by atoms with Crippen LogP contribution in [0.5, 0.6) is 0 Å². The van der Waals surface area contributed by atoms with Gasteiger partial charge in [-0.1, -0.05) is 6.08 Å². The molecule has 52 valence electrons. The quantitative estimate of drug-likeness (QED) is 0.523. The van der Waals surface area contributed by atoms with Crippen molar-refractivity contribution >= 4 is 6.41 Å². The van der Waals surface area contributed by atoms with Crippen molar-refractivity contribution < 1.29 is 4.79 Å². The summed E-state index contributed by atoms with van der Waals surface area (Å²) in [4.78, 5) is 9.66. The lowest BCUT2D eigenvalue weighted by molar-refractivity contribution is -0.108. The average Bonchev–Trinajstić information content (AvgIpc) is 1.80. The highest BCUT2D eigenvalue weighted by Gasteiger charge is 1.84. The van der Waals surface area contributed by atoms with Gasteiger partial charge in [-0.3, -0.25) is 4.79 Å². The van der Waals surface area contributed by atoms with Crippen molar-refractivity contribution in [2.75, 3.05) is 0 Å². The van der Waals surface area contributed by atoms with Crippen molar-refractivity contribution in [1.82, 2.24) is 5.32 Å². The molecule has 0 bridgehead atoms. The van der Waals surface area contributed by atoms with Crippen LogP contribution >= 0.6 is 0 Å². The van der Waals surface area contributed by atoms with Gasteiger partial charge in [-0.2, -0.15) is 0 Å². The molecule has 3 heteroatoms. The van der Waals surface area contributed by atoms with Crippen molar-refractivity contribution in [3.63, 3.8) is 0 Å². The number of hydrogen-bond acceptors (Lipinski definition) is 2. The molecule has 0 aliphatic carbocycles.